The van der Waals surface area contributed by atoms with Crippen LogP contribution < -0.4 is 0 Å². The summed E-state index contributed by atoms with van der Waals surface area (Å²) in [5, 5.41) is 0. The van der Waals surface area contributed by atoms with Crippen molar-refractivity contribution in [3.05, 3.63) is 0 Å². The smallest absolute Gasteiger partial charge is 0.309 e. The van der Waals surface area contributed by atoms with E-state index in [1.807, 2.05) is 0 Å². The number of carbonyl (C=O) groups is 2. The minimum Gasteiger partial charge on any atom is -0.466 e. The number of rotatable bonds is 30. The van der Waals surface area contributed by atoms with E-state index in [1.165, 1.54) is 109 Å². The van der Waals surface area contributed by atoms with E-state index >= 15 is 0 Å². The molecule has 1 atom stereocenters. The van der Waals surface area contributed by atoms with Crippen molar-refractivity contribution in [2.75, 3.05) is 13.2 Å². The van der Waals surface area contributed by atoms with Crippen LogP contribution in [-0.2, 0) is 19.1 Å². The minimum atomic E-state index is -0.00309. The molecule has 0 radical (unpaired) electrons. The number of esters is 2. The zero-order valence-corrected chi connectivity index (χ0v) is 26.9. The van der Waals surface area contributed by atoms with Gasteiger partial charge in [-0.3, -0.25) is 9.59 Å². The highest BCUT2D eigenvalue weighted by atomic mass is 16.5. The molecular weight excluding hydrogens is 484 g/mol. The summed E-state index contributed by atoms with van der Waals surface area (Å²) in [6.07, 6.45) is 30.1. The highest BCUT2D eigenvalue weighted by molar-refractivity contribution is 5.72. The van der Waals surface area contributed by atoms with Crippen LogP contribution in [0.4, 0.5) is 0 Å². The van der Waals surface area contributed by atoms with E-state index in [1.54, 1.807) is 0 Å². The Morgan fingerprint density at radius 2 is 0.872 bits per heavy atom. The molecule has 0 saturated carbocycles. The Morgan fingerprint density at radius 3 is 1.31 bits per heavy atom. The van der Waals surface area contributed by atoms with Crippen LogP contribution in [0.2, 0.25) is 0 Å². The predicted molar refractivity (Wildman–Crippen MR) is 167 cm³/mol. The first-order valence-electron chi connectivity index (χ1n) is 17.3. The molecule has 0 aromatic carbocycles. The largest absolute Gasteiger partial charge is 0.466 e. The van der Waals surface area contributed by atoms with Crippen LogP contribution in [0.25, 0.3) is 0 Å². The van der Waals surface area contributed by atoms with E-state index in [4.69, 9.17) is 9.47 Å². The molecule has 0 rings (SSSR count). The first-order valence-corrected chi connectivity index (χ1v) is 17.3. The molecule has 0 aliphatic rings. The van der Waals surface area contributed by atoms with Crippen LogP contribution in [0.3, 0.4) is 0 Å². The summed E-state index contributed by atoms with van der Waals surface area (Å²) in [5.41, 5.74) is 0. The van der Waals surface area contributed by atoms with Gasteiger partial charge in [-0.1, -0.05) is 156 Å². The van der Waals surface area contributed by atoms with Crippen molar-refractivity contribution in [1.29, 1.82) is 0 Å². The van der Waals surface area contributed by atoms with Crippen molar-refractivity contribution in [2.24, 2.45) is 11.8 Å². The molecule has 0 aromatic rings. The van der Waals surface area contributed by atoms with Gasteiger partial charge in [0.1, 0.15) is 0 Å². The fraction of sp³-hybridized carbons (Fsp3) is 0.943. The molecule has 0 aliphatic carbocycles. The second-order valence-corrected chi connectivity index (χ2v) is 12.2. The maximum atomic E-state index is 12.4. The Morgan fingerprint density at radius 1 is 0.487 bits per heavy atom. The Hall–Kier alpha value is -1.06. The summed E-state index contributed by atoms with van der Waals surface area (Å²) < 4.78 is 10.9. The van der Waals surface area contributed by atoms with Crippen molar-refractivity contribution >= 4 is 11.9 Å². The van der Waals surface area contributed by atoms with Gasteiger partial charge >= 0.3 is 11.9 Å². The lowest BCUT2D eigenvalue weighted by Gasteiger charge is -2.19. The number of hydrogen-bond acceptors (Lipinski definition) is 4. The lowest BCUT2D eigenvalue weighted by molar-refractivity contribution is -0.150. The topological polar surface area (TPSA) is 52.6 Å². The van der Waals surface area contributed by atoms with Gasteiger partial charge in [0.25, 0.3) is 0 Å². The Bertz CT molecular complexity index is 531. The second kappa shape index (κ2) is 29.9. The van der Waals surface area contributed by atoms with E-state index < -0.39 is 0 Å². The van der Waals surface area contributed by atoms with Crippen LogP contribution in [-0.4, -0.2) is 25.2 Å². The van der Waals surface area contributed by atoms with Crippen molar-refractivity contribution < 1.29 is 19.1 Å². The van der Waals surface area contributed by atoms with Crippen molar-refractivity contribution in [2.45, 2.75) is 188 Å². The average molecular weight is 553 g/mol. The molecule has 0 spiro atoms. The zero-order valence-electron chi connectivity index (χ0n) is 26.9. The molecule has 0 amide bonds. The molecule has 0 N–H and O–H groups in total. The maximum absolute atomic E-state index is 12.4. The summed E-state index contributed by atoms with van der Waals surface area (Å²) >= 11 is 0. The van der Waals surface area contributed by atoms with E-state index in [9.17, 15) is 9.59 Å². The fourth-order valence-electron chi connectivity index (χ4n) is 5.25. The molecule has 0 fully saturated rings. The van der Waals surface area contributed by atoms with Crippen molar-refractivity contribution in [3.63, 3.8) is 0 Å². The molecule has 4 nitrogen and oxygen atoms in total. The van der Waals surface area contributed by atoms with E-state index in [2.05, 4.69) is 27.7 Å². The van der Waals surface area contributed by atoms with Gasteiger partial charge in [0.15, 0.2) is 0 Å². The van der Waals surface area contributed by atoms with Gasteiger partial charge in [-0.15, -0.1) is 0 Å². The van der Waals surface area contributed by atoms with Crippen LogP contribution >= 0.6 is 0 Å². The molecule has 0 aliphatic heterocycles. The molecular formula is C35H68O4. The third-order valence-corrected chi connectivity index (χ3v) is 8.01. The van der Waals surface area contributed by atoms with Gasteiger partial charge < -0.3 is 9.47 Å². The summed E-state index contributed by atoms with van der Waals surface area (Å²) in [5.74, 6) is 0.474. The zero-order chi connectivity index (χ0) is 28.8. The lowest BCUT2D eigenvalue weighted by Crippen LogP contribution is -2.23. The summed E-state index contributed by atoms with van der Waals surface area (Å²) in [7, 11) is 0. The van der Waals surface area contributed by atoms with Gasteiger partial charge in [-0.05, 0) is 31.6 Å². The maximum Gasteiger partial charge on any atom is 0.309 e. The summed E-state index contributed by atoms with van der Waals surface area (Å²) in [4.78, 5) is 24.2. The highest BCUT2D eigenvalue weighted by Crippen LogP contribution is 2.22. The summed E-state index contributed by atoms with van der Waals surface area (Å²) in [6, 6.07) is 0. The van der Waals surface area contributed by atoms with Gasteiger partial charge in [-0.2, -0.15) is 0 Å². The van der Waals surface area contributed by atoms with Crippen LogP contribution in [0.15, 0.2) is 0 Å². The van der Waals surface area contributed by atoms with Crippen LogP contribution in [0.5, 0.6) is 0 Å². The van der Waals surface area contributed by atoms with E-state index in [-0.39, 0.29) is 17.9 Å². The Balaban J connectivity index is 3.42. The van der Waals surface area contributed by atoms with Gasteiger partial charge in [0, 0.05) is 6.42 Å². The van der Waals surface area contributed by atoms with Crippen LogP contribution in [0.1, 0.15) is 188 Å². The van der Waals surface area contributed by atoms with E-state index in [0.29, 0.717) is 25.6 Å². The SMILES string of the molecule is CCCCCCOC(=O)CCCCCCCCCCCCCCCCCC(C(=O)OCCCCCC)C(C)C. The molecule has 232 valence electrons. The summed E-state index contributed by atoms with van der Waals surface area (Å²) in [6.45, 7) is 9.91. The monoisotopic (exact) mass is 553 g/mol. The minimum absolute atomic E-state index is 0.00309. The molecule has 4 heteroatoms. The number of ether oxygens (including phenoxy) is 2. The van der Waals surface area contributed by atoms with Crippen molar-refractivity contribution in [3.8, 4) is 0 Å². The molecule has 0 aromatic heterocycles. The van der Waals surface area contributed by atoms with Crippen LogP contribution in [0, 0.1) is 11.8 Å². The van der Waals surface area contributed by atoms with E-state index in [0.717, 1.165) is 44.9 Å². The average Bonchev–Trinajstić information content (AvgIpc) is 2.91. The van der Waals surface area contributed by atoms with Gasteiger partial charge in [0.05, 0.1) is 19.1 Å². The number of carbonyl (C=O) groups excluding carboxylic acids is 2. The first-order chi connectivity index (χ1) is 19.0. The third kappa shape index (κ3) is 26.9. The standard InChI is InChI=1S/C35H68O4/c1-5-7-9-26-30-38-34(36)29-25-23-21-19-17-15-13-11-12-14-16-18-20-22-24-28-33(32(3)4)35(37)39-31-27-10-8-6-2/h32-33H,5-31H2,1-4H3. The molecule has 1 unspecified atom stereocenters. The molecule has 39 heavy (non-hydrogen) atoms. The Kier molecular flexibility index (Phi) is 29.1. The molecule has 0 bridgehead atoms. The normalized spacial score (nSPS) is 12.1. The van der Waals surface area contributed by atoms with Gasteiger partial charge in [-0.25, -0.2) is 0 Å². The quantitative estimate of drug-likeness (QED) is 0.0656. The van der Waals surface area contributed by atoms with Gasteiger partial charge in [0.2, 0.25) is 0 Å². The third-order valence-electron chi connectivity index (χ3n) is 8.01. The predicted octanol–water partition coefficient (Wildman–Crippen LogP) is 11.1. The molecule has 0 heterocycles. The fourth-order valence-corrected chi connectivity index (χ4v) is 5.25. The number of unbranched alkanes of at least 4 members (excludes halogenated alkanes) is 20. The lowest BCUT2D eigenvalue weighted by atomic mass is 9.90. The number of hydrogen-bond donors (Lipinski definition) is 0. The highest BCUT2D eigenvalue weighted by Gasteiger charge is 2.23. The second-order valence-electron chi connectivity index (χ2n) is 12.2. The van der Waals surface area contributed by atoms with Crippen molar-refractivity contribution in [1.82, 2.24) is 0 Å². The molecule has 0 saturated heterocycles. The Labute approximate surface area is 244 Å². The first kappa shape index (κ1) is 37.9.